The molecule has 36 heavy (non-hydrogen) atoms. The highest BCUT2D eigenvalue weighted by Gasteiger charge is 2.32. The van der Waals surface area contributed by atoms with Gasteiger partial charge in [-0.05, 0) is 54.8 Å². The molecule has 0 aliphatic heterocycles. The van der Waals surface area contributed by atoms with Gasteiger partial charge < -0.3 is 21.3 Å². The standard InChI is InChI=1S/C23H20ClF3N6O3/c1-11-18-19(21(28)30-10-29-18)33(32-11)17-3-2-15(9-16(17)24)31-22(36)20(35)13-6-12(4-5-34)7-14(8-13)23(25,26)27/h2-3,6-10,20,34-35H,4-5H2,1H3,(H,31,36)(H2,28,29,30). The van der Waals surface area contributed by atoms with Gasteiger partial charge in [-0.2, -0.15) is 18.3 Å². The number of anilines is 2. The maximum atomic E-state index is 13.3. The number of fused-ring (bicyclic) bond motifs is 1. The number of nitrogens with one attached hydrogen (secondary N) is 1. The van der Waals surface area contributed by atoms with Gasteiger partial charge in [0.2, 0.25) is 0 Å². The molecule has 0 radical (unpaired) electrons. The maximum Gasteiger partial charge on any atom is 0.416 e. The lowest BCUT2D eigenvalue weighted by molar-refractivity contribution is -0.138. The Bertz CT molecular complexity index is 1460. The Morgan fingerprint density at radius 1 is 1.22 bits per heavy atom. The number of nitrogen functional groups attached to an aromatic ring is 1. The first-order chi connectivity index (χ1) is 17.0. The average molecular weight is 521 g/mol. The number of hydrogen-bond acceptors (Lipinski definition) is 7. The summed E-state index contributed by atoms with van der Waals surface area (Å²) in [6, 6.07) is 7.22. The minimum Gasteiger partial charge on any atom is -0.396 e. The summed E-state index contributed by atoms with van der Waals surface area (Å²) in [6.45, 7) is 1.35. The Kier molecular flexibility index (Phi) is 6.85. The first-order valence-corrected chi connectivity index (χ1v) is 10.9. The van der Waals surface area contributed by atoms with Gasteiger partial charge in [-0.1, -0.05) is 17.7 Å². The van der Waals surface area contributed by atoms with Crippen LogP contribution in [-0.2, 0) is 17.4 Å². The third kappa shape index (κ3) is 4.96. The van der Waals surface area contributed by atoms with E-state index in [1.165, 1.54) is 29.2 Å². The molecule has 0 aliphatic rings. The number of aliphatic hydroxyl groups is 2. The van der Waals surface area contributed by atoms with Gasteiger partial charge in [-0.15, -0.1) is 0 Å². The molecule has 0 saturated heterocycles. The van der Waals surface area contributed by atoms with E-state index in [0.717, 1.165) is 6.07 Å². The molecule has 0 spiro atoms. The SMILES string of the molecule is Cc1nn(-c2ccc(NC(=O)C(O)c3cc(CCO)cc(C(F)(F)F)c3)cc2Cl)c2c(N)ncnc12. The molecular formula is C23H20ClF3N6O3. The van der Waals surface area contributed by atoms with Crippen LogP contribution in [0.4, 0.5) is 24.7 Å². The number of hydrogen-bond donors (Lipinski definition) is 4. The van der Waals surface area contributed by atoms with Crippen molar-refractivity contribution < 1.29 is 28.2 Å². The summed E-state index contributed by atoms with van der Waals surface area (Å²) >= 11 is 6.43. The fraction of sp³-hybridized carbons (Fsp3) is 0.217. The van der Waals surface area contributed by atoms with Crippen LogP contribution in [0.2, 0.25) is 5.02 Å². The molecule has 2 heterocycles. The number of halogens is 4. The largest absolute Gasteiger partial charge is 0.416 e. The van der Waals surface area contributed by atoms with Crippen LogP contribution in [0.15, 0.2) is 42.7 Å². The van der Waals surface area contributed by atoms with E-state index in [1.54, 1.807) is 13.0 Å². The van der Waals surface area contributed by atoms with Crippen LogP contribution in [0.5, 0.6) is 0 Å². The summed E-state index contributed by atoms with van der Waals surface area (Å²) in [5, 5.41) is 26.6. The Labute approximate surface area is 207 Å². The first kappa shape index (κ1) is 25.4. The molecule has 0 aliphatic carbocycles. The van der Waals surface area contributed by atoms with E-state index in [4.69, 9.17) is 22.4 Å². The molecule has 13 heteroatoms. The van der Waals surface area contributed by atoms with Crippen LogP contribution >= 0.6 is 11.6 Å². The summed E-state index contributed by atoms with van der Waals surface area (Å²) in [5.74, 6) is -0.773. The molecule has 1 atom stereocenters. The van der Waals surface area contributed by atoms with E-state index in [0.29, 0.717) is 28.5 Å². The first-order valence-electron chi connectivity index (χ1n) is 10.6. The highest BCUT2D eigenvalue weighted by molar-refractivity contribution is 6.32. The van der Waals surface area contributed by atoms with Gasteiger partial charge in [0.15, 0.2) is 11.9 Å². The van der Waals surface area contributed by atoms with E-state index >= 15 is 0 Å². The zero-order valence-electron chi connectivity index (χ0n) is 18.7. The van der Waals surface area contributed by atoms with Crippen LogP contribution in [0, 0.1) is 6.92 Å². The molecule has 9 nitrogen and oxygen atoms in total. The lowest BCUT2D eigenvalue weighted by atomic mass is 9.99. The van der Waals surface area contributed by atoms with Gasteiger partial charge in [0.25, 0.3) is 5.91 Å². The smallest absolute Gasteiger partial charge is 0.396 e. The van der Waals surface area contributed by atoms with Crippen molar-refractivity contribution in [3.8, 4) is 5.69 Å². The summed E-state index contributed by atoms with van der Waals surface area (Å²) in [5.41, 5.74) is 7.01. The monoisotopic (exact) mass is 520 g/mol. The van der Waals surface area contributed by atoms with Crippen molar-refractivity contribution in [2.75, 3.05) is 17.7 Å². The highest BCUT2D eigenvalue weighted by atomic mass is 35.5. The van der Waals surface area contributed by atoms with Gasteiger partial charge in [0.05, 0.1) is 22.0 Å². The molecule has 188 valence electrons. The van der Waals surface area contributed by atoms with E-state index in [2.05, 4.69) is 20.4 Å². The van der Waals surface area contributed by atoms with Gasteiger partial charge in [0, 0.05) is 12.3 Å². The molecule has 1 amide bonds. The Morgan fingerprint density at radius 3 is 2.64 bits per heavy atom. The van der Waals surface area contributed by atoms with Crippen molar-refractivity contribution in [1.29, 1.82) is 0 Å². The number of benzene rings is 2. The van der Waals surface area contributed by atoms with Gasteiger partial charge in [-0.3, -0.25) is 4.79 Å². The zero-order valence-corrected chi connectivity index (χ0v) is 19.5. The van der Waals surface area contributed by atoms with Gasteiger partial charge >= 0.3 is 6.18 Å². The molecule has 0 bridgehead atoms. The van der Waals surface area contributed by atoms with E-state index in [-0.39, 0.29) is 34.1 Å². The lowest BCUT2D eigenvalue weighted by Crippen LogP contribution is -2.21. The van der Waals surface area contributed by atoms with Crippen LogP contribution < -0.4 is 11.1 Å². The van der Waals surface area contributed by atoms with Crippen molar-refractivity contribution in [1.82, 2.24) is 19.7 Å². The number of nitrogens with zero attached hydrogens (tertiary/aromatic N) is 4. The van der Waals surface area contributed by atoms with Gasteiger partial charge in [-0.25, -0.2) is 14.6 Å². The van der Waals surface area contributed by atoms with Crippen molar-refractivity contribution in [2.45, 2.75) is 25.6 Å². The van der Waals surface area contributed by atoms with E-state index < -0.39 is 30.4 Å². The zero-order chi connectivity index (χ0) is 26.2. The molecule has 2 aromatic carbocycles. The number of aliphatic hydroxyl groups excluding tert-OH is 2. The van der Waals surface area contributed by atoms with E-state index in [1.807, 2.05) is 0 Å². The molecule has 4 aromatic rings. The molecule has 5 N–H and O–H groups in total. The second kappa shape index (κ2) is 9.72. The van der Waals surface area contributed by atoms with Crippen molar-refractivity contribution in [3.05, 3.63) is 70.1 Å². The Morgan fingerprint density at radius 2 is 1.97 bits per heavy atom. The number of aromatic nitrogens is 4. The molecular weight excluding hydrogens is 501 g/mol. The molecule has 2 aromatic heterocycles. The fourth-order valence-electron chi connectivity index (χ4n) is 3.72. The molecule has 0 saturated carbocycles. The predicted molar refractivity (Wildman–Crippen MR) is 127 cm³/mol. The number of carbonyl (C=O) groups is 1. The minimum absolute atomic E-state index is 0.0700. The predicted octanol–water partition coefficient (Wildman–Crippen LogP) is 3.59. The third-order valence-corrected chi connectivity index (χ3v) is 5.71. The summed E-state index contributed by atoms with van der Waals surface area (Å²) in [4.78, 5) is 20.8. The van der Waals surface area contributed by atoms with Crippen LogP contribution in [-0.4, -0.2) is 42.5 Å². The number of nitrogens with two attached hydrogens (primary N) is 1. The summed E-state index contributed by atoms with van der Waals surface area (Å²) in [6.07, 6.45) is -5.35. The van der Waals surface area contributed by atoms with Crippen molar-refractivity contribution >= 4 is 40.0 Å². The van der Waals surface area contributed by atoms with Crippen molar-refractivity contribution in [3.63, 3.8) is 0 Å². The second-order valence-corrected chi connectivity index (χ2v) is 8.35. The van der Waals surface area contributed by atoms with Crippen LogP contribution in [0.1, 0.15) is 28.5 Å². The van der Waals surface area contributed by atoms with Crippen LogP contribution in [0.3, 0.4) is 0 Å². The molecule has 4 rings (SSSR count). The average Bonchev–Trinajstić information content (AvgIpc) is 3.15. The lowest BCUT2D eigenvalue weighted by Gasteiger charge is -2.16. The molecule has 1 unspecified atom stereocenters. The highest BCUT2D eigenvalue weighted by Crippen LogP contribution is 2.33. The number of aryl methyl sites for hydroxylation is 1. The number of alkyl halides is 3. The minimum atomic E-state index is -4.69. The second-order valence-electron chi connectivity index (χ2n) is 7.95. The number of amides is 1. The van der Waals surface area contributed by atoms with Crippen LogP contribution in [0.25, 0.3) is 16.7 Å². The maximum absolute atomic E-state index is 13.3. The summed E-state index contributed by atoms with van der Waals surface area (Å²) in [7, 11) is 0. The topological polar surface area (TPSA) is 139 Å². The number of rotatable bonds is 6. The van der Waals surface area contributed by atoms with Gasteiger partial charge in [0.1, 0.15) is 17.4 Å². The summed E-state index contributed by atoms with van der Waals surface area (Å²) < 4.78 is 41.3. The molecule has 0 fully saturated rings. The quantitative estimate of drug-likeness (QED) is 0.305. The number of carbonyl (C=O) groups excluding carboxylic acids is 1. The third-order valence-electron chi connectivity index (χ3n) is 5.41. The fourth-order valence-corrected chi connectivity index (χ4v) is 3.98. The Balaban J connectivity index is 1.61. The Hall–Kier alpha value is -3.74. The normalized spacial score (nSPS) is 12.6. The van der Waals surface area contributed by atoms with E-state index in [9.17, 15) is 23.1 Å². The van der Waals surface area contributed by atoms with Crippen molar-refractivity contribution in [2.24, 2.45) is 0 Å².